The summed E-state index contributed by atoms with van der Waals surface area (Å²) in [7, 11) is 1.50. The van der Waals surface area contributed by atoms with E-state index < -0.39 is 17.4 Å². The van der Waals surface area contributed by atoms with E-state index in [-0.39, 0.29) is 23.8 Å². The number of likely N-dealkylation sites (tertiary alicyclic amines) is 1. The lowest BCUT2D eigenvalue weighted by atomic mass is 9.75. The van der Waals surface area contributed by atoms with Crippen LogP contribution in [0.15, 0.2) is 54.6 Å². The summed E-state index contributed by atoms with van der Waals surface area (Å²) in [6.07, 6.45) is 0.371. The van der Waals surface area contributed by atoms with Gasteiger partial charge >= 0.3 is 0 Å². The minimum atomic E-state index is -1.10. The van der Waals surface area contributed by atoms with Crippen molar-refractivity contribution in [3.8, 4) is 0 Å². The summed E-state index contributed by atoms with van der Waals surface area (Å²) >= 11 is 0. The van der Waals surface area contributed by atoms with Gasteiger partial charge in [0.2, 0.25) is 17.7 Å². The molecule has 0 bridgehead atoms. The Kier molecular flexibility index (Phi) is 3.30. The lowest BCUT2D eigenvalue weighted by Crippen LogP contribution is -2.52. The molecule has 3 amide bonds. The molecule has 3 aliphatic rings. The summed E-state index contributed by atoms with van der Waals surface area (Å²) < 4.78 is 0. The molecule has 3 heterocycles. The SMILES string of the molecule is CN1C(=O)[C@@H]2[C@@H]3C(=O)Nc4ccccc4[C@@H]3N[C@]2(Cc2ccccc2)C1=O. The van der Waals surface area contributed by atoms with Crippen molar-refractivity contribution < 1.29 is 14.4 Å². The molecule has 2 N–H and O–H groups in total. The summed E-state index contributed by atoms with van der Waals surface area (Å²) in [6, 6.07) is 16.8. The van der Waals surface area contributed by atoms with Crippen LogP contribution in [0.4, 0.5) is 5.69 Å². The number of nitrogens with zero attached hydrogens (tertiary/aromatic N) is 1. The molecule has 2 aromatic rings. The van der Waals surface area contributed by atoms with Crippen LogP contribution in [0.25, 0.3) is 0 Å². The van der Waals surface area contributed by atoms with E-state index in [1.807, 2.05) is 54.6 Å². The van der Waals surface area contributed by atoms with Gasteiger partial charge in [-0.25, -0.2) is 0 Å². The first-order chi connectivity index (χ1) is 13.0. The van der Waals surface area contributed by atoms with Crippen LogP contribution in [0.1, 0.15) is 17.2 Å². The smallest absolute Gasteiger partial charge is 0.250 e. The number of anilines is 1. The predicted octanol–water partition coefficient (Wildman–Crippen LogP) is 1.50. The quantitative estimate of drug-likeness (QED) is 0.795. The van der Waals surface area contributed by atoms with Crippen molar-refractivity contribution in [2.75, 3.05) is 12.4 Å². The molecule has 4 atom stereocenters. The summed E-state index contributed by atoms with van der Waals surface area (Å²) in [5.74, 6) is -2.08. The zero-order chi connectivity index (χ0) is 18.8. The molecule has 6 heteroatoms. The number of fused-ring (bicyclic) bond motifs is 5. The molecule has 136 valence electrons. The summed E-state index contributed by atoms with van der Waals surface area (Å²) in [6.45, 7) is 0. The van der Waals surface area contributed by atoms with Gasteiger partial charge in [-0.1, -0.05) is 48.5 Å². The second kappa shape index (κ2) is 5.50. The fraction of sp³-hybridized carbons (Fsp3) is 0.286. The largest absolute Gasteiger partial charge is 0.325 e. The third-order valence-electron chi connectivity index (χ3n) is 6.13. The molecule has 2 saturated heterocycles. The second-order valence-corrected chi connectivity index (χ2v) is 7.54. The van der Waals surface area contributed by atoms with Crippen LogP contribution in [0.3, 0.4) is 0 Å². The number of carbonyl (C=O) groups excluding carboxylic acids is 3. The van der Waals surface area contributed by atoms with E-state index in [0.717, 1.165) is 16.8 Å². The molecule has 5 rings (SSSR count). The maximum absolute atomic E-state index is 13.2. The Morgan fingerprint density at radius 1 is 1.00 bits per heavy atom. The van der Waals surface area contributed by atoms with Gasteiger partial charge in [0, 0.05) is 25.2 Å². The molecule has 6 nitrogen and oxygen atoms in total. The molecule has 0 aromatic heterocycles. The molecule has 0 aliphatic carbocycles. The number of para-hydroxylation sites is 1. The van der Waals surface area contributed by atoms with Crippen LogP contribution < -0.4 is 10.6 Å². The average molecular weight is 361 g/mol. The van der Waals surface area contributed by atoms with Gasteiger partial charge < -0.3 is 5.32 Å². The normalized spacial score (nSPS) is 31.4. The molecular formula is C21H19N3O3. The lowest BCUT2D eigenvalue weighted by molar-refractivity contribution is -0.141. The number of amides is 3. The Morgan fingerprint density at radius 3 is 2.48 bits per heavy atom. The van der Waals surface area contributed by atoms with Crippen LogP contribution in [0.5, 0.6) is 0 Å². The fourth-order valence-electron chi connectivity index (χ4n) is 4.95. The van der Waals surface area contributed by atoms with Crippen LogP contribution in [0.2, 0.25) is 0 Å². The Morgan fingerprint density at radius 2 is 1.70 bits per heavy atom. The molecule has 0 spiro atoms. The van der Waals surface area contributed by atoms with E-state index in [0.29, 0.717) is 6.42 Å². The highest BCUT2D eigenvalue weighted by Gasteiger charge is 2.69. The minimum absolute atomic E-state index is 0.206. The number of rotatable bonds is 2. The number of nitrogens with one attached hydrogen (secondary N) is 2. The first-order valence-corrected chi connectivity index (χ1v) is 9.06. The lowest BCUT2D eigenvalue weighted by Gasteiger charge is -2.30. The highest BCUT2D eigenvalue weighted by atomic mass is 16.2. The summed E-state index contributed by atoms with van der Waals surface area (Å²) in [4.78, 5) is 40.3. The standard InChI is InChI=1S/C21H19N3O3/c1-24-19(26)16-15-17(13-9-5-6-10-14(13)22-18(15)25)23-21(16,20(24)27)11-12-7-3-2-4-8-12/h2-10,15-17,23H,11H2,1H3,(H,22,25)/t15-,16-,17-,21-/m0/s1. The Bertz CT molecular complexity index is 974. The zero-order valence-corrected chi connectivity index (χ0v) is 14.8. The minimum Gasteiger partial charge on any atom is -0.325 e. The zero-order valence-electron chi connectivity index (χ0n) is 14.8. The molecule has 0 saturated carbocycles. The topological polar surface area (TPSA) is 78.5 Å². The third-order valence-corrected chi connectivity index (χ3v) is 6.13. The van der Waals surface area contributed by atoms with Gasteiger partial charge in [-0.15, -0.1) is 0 Å². The number of likely N-dealkylation sites (N-methyl/N-ethyl adjacent to an activating group) is 1. The Hall–Kier alpha value is -2.99. The second-order valence-electron chi connectivity index (χ2n) is 7.54. The average Bonchev–Trinajstić information content (AvgIpc) is 3.11. The summed E-state index contributed by atoms with van der Waals surface area (Å²) in [5, 5.41) is 6.36. The van der Waals surface area contributed by atoms with Crippen molar-refractivity contribution >= 4 is 23.4 Å². The van der Waals surface area contributed by atoms with Crippen molar-refractivity contribution in [2.24, 2.45) is 11.8 Å². The molecule has 0 unspecified atom stereocenters. The molecule has 3 aliphatic heterocycles. The van der Waals surface area contributed by atoms with Gasteiger partial charge in [0.1, 0.15) is 5.54 Å². The van der Waals surface area contributed by atoms with E-state index in [1.165, 1.54) is 11.9 Å². The van der Waals surface area contributed by atoms with Crippen LogP contribution in [0, 0.1) is 11.8 Å². The molecule has 0 radical (unpaired) electrons. The fourth-order valence-corrected chi connectivity index (χ4v) is 4.95. The van der Waals surface area contributed by atoms with Crippen LogP contribution in [-0.4, -0.2) is 35.2 Å². The molecular weight excluding hydrogens is 342 g/mol. The molecule has 2 aromatic carbocycles. The van der Waals surface area contributed by atoms with E-state index >= 15 is 0 Å². The van der Waals surface area contributed by atoms with Gasteiger partial charge in [0.05, 0.1) is 11.8 Å². The van der Waals surface area contributed by atoms with Crippen molar-refractivity contribution in [3.63, 3.8) is 0 Å². The van der Waals surface area contributed by atoms with Gasteiger partial charge in [0.15, 0.2) is 0 Å². The van der Waals surface area contributed by atoms with Crippen LogP contribution in [-0.2, 0) is 20.8 Å². The molecule has 27 heavy (non-hydrogen) atoms. The number of benzene rings is 2. The summed E-state index contributed by atoms with van der Waals surface area (Å²) in [5.41, 5.74) is 1.52. The van der Waals surface area contributed by atoms with Crippen molar-refractivity contribution in [2.45, 2.75) is 18.0 Å². The maximum atomic E-state index is 13.2. The number of hydrogen-bond acceptors (Lipinski definition) is 4. The first kappa shape index (κ1) is 16.2. The van der Waals surface area contributed by atoms with E-state index in [2.05, 4.69) is 10.6 Å². The van der Waals surface area contributed by atoms with Gasteiger partial charge in [-0.3, -0.25) is 24.6 Å². The Labute approximate surface area is 156 Å². The van der Waals surface area contributed by atoms with E-state index in [4.69, 9.17) is 0 Å². The van der Waals surface area contributed by atoms with Gasteiger partial charge in [0.25, 0.3) is 0 Å². The monoisotopic (exact) mass is 361 g/mol. The van der Waals surface area contributed by atoms with Gasteiger partial charge in [-0.2, -0.15) is 0 Å². The number of carbonyl (C=O) groups is 3. The molecule has 2 fully saturated rings. The van der Waals surface area contributed by atoms with E-state index in [9.17, 15) is 14.4 Å². The first-order valence-electron chi connectivity index (χ1n) is 9.06. The maximum Gasteiger partial charge on any atom is 0.250 e. The number of imide groups is 1. The van der Waals surface area contributed by atoms with Gasteiger partial charge in [-0.05, 0) is 17.2 Å². The predicted molar refractivity (Wildman–Crippen MR) is 98.6 cm³/mol. The van der Waals surface area contributed by atoms with Crippen molar-refractivity contribution in [1.82, 2.24) is 10.2 Å². The van der Waals surface area contributed by atoms with Crippen molar-refractivity contribution in [1.29, 1.82) is 0 Å². The van der Waals surface area contributed by atoms with Crippen molar-refractivity contribution in [3.05, 3.63) is 65.7 Å². The highest BCUT2D eigenvalue weighted by molar-refractivity contribution is 6.13. The van der Waals surface area contributed by atoms with E-state index in [1.54, 1.807) is 0 Å². The highest BCUT2D eigenvalue weighted by Crippen LogP contribution is 2.52. The van der Waals surface area contributed by atoms with Crippen LogP contribution >= 0.6 is 0 Å². The number of hydrogen-bond donors (Lipinski definition) is 2. The third kappa shape index (κ3) is 2.07. The Balaban J connectivity index is 1.66.